The number of hydrogen-bond donors (Lipinski definition) is 1. The standard InChI is InChI=1S/C29H31N3O6/c1-5-38-23-12-10-21(11-13-23)30-27(33)17-24-28(34)32(22-8-6-7-19(2)15-22)29(35)31(24)18-20-9-14-25(36-3)26(16-20)37-4/h6-16,24H,5,17-18H2,1-4H3,(H,30,33)/t24-/m1/s1. The van der Waals surface area contributed by atoms with Gasteiger partial charge in [-0.25, -0.2) is 9.69 Å². The lowest BCUT2D eigenvalue weighted by atomic mass is 10.1. The fraction of sp³-hybridized carbons (Fsp3) is 0.276. The van der Waals surface area contributed by atoms with Crippen molar-refractivity contribution in [2.24, 2.45) is 0 Å². The van der Waals surface area contributed by atoms with E-state index in [-0.39, 0.29) is 18.9 Å². The van der Waals surface area contributed by atoms with Crippen molar-refractivity contribution in [2.75, 3.05) is 31.0 Å². The highest BCUT2D eigenvalue weighted by Crippen LogP contribution is 2.32. The summed E-state index contributed by atoms with van der Waals surface area (Å²) in [6.45, 7) is 4.42. The third-order valence-corrected chi connectivity index (χ3v) is 6.21. The van der Waals surface area contributed by atoms with E-state index in [0.717, 1.165) is 16.0 Å². The monoisotopic (exact) mass is 517 g/mol. The van der Waals surface area contributed by atoms with E-state index in [1.54, 1.807) is 67.8 Å². The van der Waals surface area contributed by atoms with Crippen molar-refractivity contribution >= 4 is 29.2 Å². The fourth-order valence-corrected chi connectivity index (χ4v) is 4.38. The number of anilines is 2. The van der Waals surface area contributed by atoms with Crippen LogP contribution < -0.4 is 24.4 Å². The van der Waals surface area contributed by atoms with Crippen LogP contribution in [0, 0.1) is 6.92 Å². The Kier molecular flexibility index (Phi) is 8.15. The molecule has 0 spiro atoms. The van der Waals surface area contributed by atoms with Gasteiger partial charge in [0.25, 0.3) is 5.91 Å². The van der Waals surface area contributed by atoms with E-state index >= 15 is 0 Å². The first-order chi connectivity index (χ1) is 18.3. The van der Waals surface area contributed by atoms with Crippen LogP contribution in [0.15, 0.2) is 66.7 Å². The number of hydrogen-bond acceptors (Lipinski definition) is 6. The van der Waals surface area contributed by atoms with Gasteiger partial charge in [0, 0.05) is 12.2 Å². The Morgan fingerprint density at radius 3 is 2.34 bits per heavy atom. The number of nitrogens with one attached hydrogen (secondary N) is 1. The molecule has 0 unspecified atom stereocenters. The lowest BCUT2D eigenvalue weighted by Crippen LogP contribution is -2.37. The Hall–Kier alpha value is -4.53. The number of imide groups is 1. The SMILES string of the molecule is CCOc1ccc(NC(=O)C[C@@H]2C(=O)N(c3cccc(C)c3)C(=O)N2Cc2ccc(OC)c(OC)c2)cc1. The second-order valence-corrected chi connectivity index (χ2v) is 8.84. The molecule has 0 aliphatic carbocycles. The first-order valence-electron chi connectivity index (χ1n) is 12.3. The number of methoxy groups -OCH3 is 2. The van der Waals surface area contributed by atoms with Crippen LogP contribution in [0.5, 0.6) is 17.2 Å². The van der Waals surface area contributed by atoms with Crippen molar-refractivity contribution in [3.05, 3.63) is 77.9 Å². The van der Waals surface area contributed by atoms with Crippen molar-refractivity contribution in [1.82, 2.24) is 4.90 Å². The minimum atomic E-state index is -0.987. The maximum absolute atomic E-state index is 13.6. The van der Waals surface area contributed by atoms with E-state index in [1.807, 2.05) is 19.9 Å². The molecule has 1 aliphatic rings. The van der Waals surface area contributed by atoms with Gasteiger partial charge in [0.05, 0.1) is 32.9 Å². The lowest BCUT2D eigenvalue weighted by Gasteiger charge is -2.22. The number of amides is 4. The zero-order valence-corrected chi connectivity index (χ0v) is 21.9. The molecule has 3 aromatic rings. The highest BCUT2D eigenvalue weighted by atomic mass is 16.5. The molecule has 0 aromatic heterocycles. The molecule has 1 N–H and O–H groups in total. The third kappa shape index (κ3) is 5.72. The predicted molar refractivity (Wildman–Crippen MR) is 144 cm³/mol. The number of urea groups is 1. The molecule has 9 nitrogen and oxygen atoms in total. The minimum Gasteiger partial charge on any atom is -0.494 e. The van der Waals surface area contributed by atoms with E-state index in [4.69, 9.17) is 14.2 Å². The highest BCUT2D eigenvalue weighted by molar-refractivity contribution is 6.22. The number of rotatable bonds is 10. The number of benzene rings is 3. The van der Waals surface area contributed by atoms with Crippen LogP contribution in [0.25, 0.3) is 0 Å². The van der Waals surface area contributed by atoms with Gasteiger partial charge in [-0.05, 0) is 73.5 Å². The van der Waals surface area contributed by atoms with Gasteiger partial charge >= 0.3 is 6.03 Å². The predicted octanol–water partition coefficient (Wildman–Crippen LogP) is 4.78. The Balaban J connectivity index is 1.60. The summed E-state index contributed by atoms with van der Waals surface area (Å²) in [5, 5.41) is 2.82. The van der Waals surface area contributed by atoms with Crippen LogP contribution >= 0.6 is 0 Å². The van der Waals surface area contributed by atoms with Crippen LogP contribution in [0.1, 0.15) is 24.5 Å². The number of ether oxygens (including phenoxy) is 3. The molecule has 3 aromatic carbocycles. The van der Waals surface area contributed by atoms with E-state index in [1.165, 1.54) is 12.0 Å². The first kappa shape index (κ1) is 26.5. The average molecular weight is 518 g/mol. The van der Waals surface area contributed by atoms with Crippen LogP contribution in [0.3, 0.4) is 0 Å². The number of nitrogens with zero attached hydrogens (tertiary/aromatic N) is 2. The van der Waals surface area contributed by atoms with Gasteiger partial charge in [-0.15, -0.1) is 0 Å². The summed E-state index contributed by atoms with van der Waals surface area (Å²) >= 11 is 0. The van der Waals surface area contributed by atoms with Crippen molar-refractivity contribution < 1.29 is 28.6 Å². The maximum Gasteiger partial charge on any atom is 0.332 e. The smallest absolute Gasteiger partial charge is 0.332 e. The van der Waals surface area contributed by atoms with E-state index < -0.39 is 18.0 Å². The minimum absolute atomic E-state index is 0.105. The quantitative estimate of drug-likeness (QED) is 0.389. The highest BCUT2D eigenvalue weighted by Gasteiger charge is 2.46. The molecule has 1 atom stereocenters. The number of carbonyl (C=O) groups is 3. The summed E-state index contributed by atoms with van der Waals surface area (Å²) in [6, 6.07) is 17.9. The summed E-state index contributed by atoms with van der Waals surface area (Å²) in [4.78, 5) is 42.8. The van der Waals surface area contributed by atoms with Crippen LogP contribution in [0.4, 0.5) is 16.2 Å². The molecule has 1 aliphatic heterocycles. The molecule has 0 saturated carbocycles. The average Bonchev–Trinajstić information content (AvgIpc) is 3.13. The molecule has 9 heteroatoms. The first-order valence-corrected chi connectivity index (χ1v) is 12.3. The van der Waals surface area contributed by atoms with E-state index in [0.29, 0.717) is 35.2 Å². The normalized spacial score (nSPS) is 15.0. The van der Waals surface area contributed by atoms with Crippen molar-refractivity contribution in [3.63, 3.8) is 0 Å². The zero-order chi connectivity index (χ0) is 27.2. The molecule has 4 amide bonds. The zero-order valence-electron chi connectivity index (χ0n) is 21.9. The molecule has 0 bridgehead atoms. The molecule has 1 saturated heterocycles. The molecular formula is C29H31N3O6. The van der Waals surface area contributed by atoms with Gasteiger partial charge < -0.3 is 24.4 Å². The fourth-order valence-electron chi connectivity index (χ4n) is 4.38. The van der Waals surface area contributed by atoms with Gasteiger partial charge in [0.2, 0.25) is 5.91 Å². The van der Waals surface area contributed by atoms with Gasteiger partial charge in [-0.3, -0.25) is 9.59 Å². The van der Waals surface area contributed by atoms with Crippen molar-refractivity contribution in [2.45, 2.75) is 32.9 Å². The molecule has 1 fully saturated rings. The number of aryl methyl sites for hydroxylation is 1. The second-order valence-electron chi connectivity index (χ2n) is 8.84. The third-order valence-electron chi connectivity index (χ3n) is 6.21. The van der Waals surface area contributed by atoms with Crippen LogP contribution in [-0.4, -0.2) is 49.6 Å². The van der Waals surface area contributed by atoms with Crippen molar-refractivity contribution in [3.8, 4) is 17.2 Å². The van der Waals surface area contributed by atoms with Gasteiger partial charge in [0.1, 0.15) is 11.8 Å². The lowest BCUT2D eigenvalue weighted by molar-refractivity contribution is -0.124. The summed E-state index contributed by atoms with van der Waals surface area (Å²) in [5.74, 6) is 0.902. The topological polar surface area (TPSA) is 97.4 Å². The van der Waals surface area contributed by atoms with Crippen LogP contribution in [-0.2, 0) is 16.1 Å². The Bertz CT molecular complexity index is 1320. The summed E-state index contributed by atoms with van der Waals surface area (Å²) in [7, 11) is 3.07. The largest absolute Gasteiger partial charge is 0.494 e. The summed E-state index contributed by atoms with van der Waals surface area (Å²) in [5.41, 5.74) is 2.67. The maximum atomic E-state index is 13.6. The summed E-state index contributed by atoms with van der Waals surface area (Å²) in [6.07, 6.45) is -0.201. The van der Waals surface area contributed by atoms with Gasteiger partial charge in [0.15, 0.2) is 11.5 Å². The molecule has 198 valence electrons. The molecular weight excluding hydrogens is 486 g/mol. The van der Waals surface area contributed by atoms with Crippen LogP contribution in [0.2, 0.25) is 0 Å². The summed E-state index contributed by atoms with van der Waals surface area (Å²) < 4.78 is 16.1. The molecule has 38 heavy (non-hydrogen) atoms. The molecule has 4 rings (SSSR count). The van der Waals surface area contributed by atoms with Gasteiger partial charge in [-0.2, -0.15) is 0 Å². The number of carbonyl (C=O) groups excluding carboxylic acids is 3. The molecule has 1 heterocycles. The van der Waals surface area contributed by atoms with Gasteiger partial charge in [-0.1, -0.05) is 18.2 Å². The van der Waals surface area contributed by atoms with E-state index in [2.05, 4.69) is 5.32 Å². The molecule has 0 radical (unpaired) electrons. The Morgan fingerprint density at radius 1 is 0.947 bits per heavy atom. The Morgan fingerprint density at radius 2 is 1.68 bits per heavy atom. The van der Waals surface area contributed by atoms with Crippen molar-refractivity contribution in [1.29, 1.82) is 0 Å². The second kappa shape index (κ2) is 11.7. The Labute approximate surface area is 221 Å². The van der Waals surface area contributed by atoms with E-state index in [9.17, 15) is 14.4 Å².